The van der Waals surface area contributed by atoms with E-state index in [-0.39, 0.29) is 29.5 Å². The van der Waals surface area contributed by atoms with Crippen LogP contribution in [0.15, 0.2) is 28.1 Å². The zero-order chi connectivity index (χ0) is 24.5. The molecule has 9 heteroatoms. The summed E-state index contributed by atoms with van der Waals surface area (Å²) in [6.07, 6.45) is 22.4. The SMILES string of the molecule is CCCCCCCC/C=C\CCCCCCCC(=O)[O-].Cn1cnc2c1c(=O)[nH]c(=O)n2C.[Mg+2]. The van der Waals surface area contributed by atoms with Crippen LogP contribution in [0.5, 0.6) is 0 Å². The Balaban J connectivity index is 0.000000668. The molecule has 0 aliphatic heterocycles. The minimum Gasteiger partial charge on any atom is -0.550 e. The van der Waals surface area contributed by atoms with Crippen molar-refractivity contribution in [2.75, 3.05) is 0 Å². The molecule has 0 spiro atoms. The minimum atomic E-state index is -0.914. The molecule has 0 fully saturated rings. The zero-order valence-corrected chi connectivity index (χ0v) is 22.7. The average Bonchev–Trinajstić information content (AvgIpc) is 3.17. The van der Waals surface area contributed by atoms with Crippen LogP contribution in [0.3, 0.4) is 0 Å². The molecule has 0 atom stereocenters. The van der Waals surface area contributed by atoms with E-state index in [0.29, 0.717) is 11.2 Å². The number of H-pyrrole nitrogens is 1. The Hall–Kier alpha value is -1.87. The Morgan fingerprint density at radius 1 is 0.941 bits per heavy atom. The molecule has 8 nitrogen and oxygen atoms in total. The molecule has 34 heavy (non-hydrogen) atoms. The molecule has 0 unspecified atom stereocenters. The van der Waals surface area contributed by atoms with Crippen molar-refractivity contribution in [2.24, 2.45) is 14.1 Å². The number of aromatic amines is 1. The maximum Gasteiger partial charge on any atom is 2.00 e. The summed E-state index contributed by atoms with van der Waals surface area (Å²) in [6, 6.07) is 0. The van der Waals surface area contributed by atoms with Crippen molar-refractivity contribution in [2.45, 2.75) is 96.8 Å². The van der Waals surface area contributed by atoms with Gasteiger partial charge in [-0.25, -0.2) is 9.78 Å². The number of fused-ring (bicyclic) bond motifs is 1. The van der Waals surface area contributed by atoms with Gasteiger partial charge >= 0.3 is 28.7 Å². The van der Waals surface area contributed by atoms with Gasteiger partial charge in [-0.05, 0) is 38.5 Å². The first-order valence-electron chi connectivity index (χ1n) is 12.3. The van der Waals surface area contributed by atoms with Crippen LogP contribution in [0.1, 0.15) is 96.8 Å². The van der Waals surface area contributed by atoms with Gasteiger partial charge in [-0.15, -0.1) is 0 Å². The molecule has 0 saturated heterocycles. The number of allylic oxidation sites excluding steroid dienone is 2. The van der Waals surface area contributed by atoms with E-state index in [1.807, 2.05) is 0 Å². The number of carboxylic acid groups (broad SMARTS) is 1. The smallest absolute Gasteiger partial charge is 0.550 e. The van der Waals surface area contributed by atoms with E-state index in [0.717, 1.165) is 19.3 Å². The van der Waals surface area contributed by atoms with Crippen molar-refractivity contribution in [1.29, 1.82) is 0 Å². The van der Waals surface area contributed by atoms with Gasteiger partial charge in [-0.3, -0.25) is 14.3 Å². The number of carbonyl (C=O) groups is 1. The van der Waals surface area contributed by atoms with Crippen molar-refractivity contribution in [1.82, 2.24) is 19.1 Å². The number of aryl methyl sites for hydroxylation is 2. The number of carboxylic acids is 1. The molecule has 2 heterocycles. The number of hydrogen-bond donors (Lipinski definition) is 1. The molecule has 2 aromatic heterocycles. The molecule has 0 aliphatic carbocycles. The predicted octanol–water partition coefficient (Wildman–Crippen LogP) is 3.35. The predicted molar refractivity (Wildman–Crippen MR) is 137 cm³/mol. The fourth-order valence-electron chi connectivity index (χ4n) is 3.60. The van der Waals surface area contributed by atoms with Gasteiger partial charge in [0, 0.05) is 20.1 Å². The summed E-state index contributed by atoms with van der Waals surface area (Å²) in [5.74, 6) is -0.914. The van der Waals surface area contributed by atoms with Gasteiger partial charge in [-0.2, -0.15) is 0 Å². The second kappa shape index (κ2) is 19.4. The number of aliphatic carboxylic acids is 1. The molecule has 0 radical (unpaired) electrons. The molecule has 0 saturated carbocycles. The van der Waals surface area contributed by atoms with E-state index in [4.69, 9.17) is 0 Å². The van der Waals surface area contributed by atoms with E-state index >= 15 is 0 Å². The Morgan fingerprint density at radius 3 is 2.03 bits per heavy atom. The molecule has 2 rings (SSSR count). The largest absolute Gasteiger partial charge is 2.00 e. The van der Waals surface area contributed by atoms with E-state index in [2.05, 4.69) is 29.0 Å². The van der Waals surface area contributed by atoms with Crippen molar-refractivity contribution in [3.8, 4) is 0 Å². The van der Waals surface area contributed by atoms with Crippen LogP contribution in [0, 0.1) is 0 Å². The fourth-order valence-corrected chi connectivity index (χ4v) is 3.60. The van der Waals surface area contributed by atoms with Gasteiger partial charge in [0.25, 0.3) is 5.56 Å². The van der Waals surface area contributed by atoms with Crippen LogP contribution < -0.4 is 16.4 Å². The Labute approximate surface area is 219 Å². The Bertz CT molecular complexity index is 962. The molecule has 2 aromatic rings. The number of rotatable bonds is 15. The quantitative estimate of drug-likeness (QED) is 0.236. The zero-order valence-electron chi connectivity index (χ0n) is 21.3. The van der Waals surface area contributed by atoms with Crippen molar-refractivity contribution in [3.63, 3.8) is 0 Å². The average molecular weight is 486 g/mol. The van der Waals surface area contributed by atoms with E-state index in [1.54, 1.807) is 18.7 Å². The van der Waals surface area contributed by atoms with Gasteiger partial charge in [-0.1, -0.05) is 70.4 Å². The standard InChI is InChI=1S/C18H34O2.C7H8N4O2.Mg/c1-2-3-4-5-6-7-8-9-10-11-12-13-14-15-16-17-18(19)20;1-10-3-8-5-4(10)6(12)9-7(13)11(5)2;/h9-10H,2-8,11-17H2,1H3,(H,19,20);3H,1-2H3,(H,9,12,13);/q;;+2/p-1/b10-9-;;. The number of hydrogen-bond acceptors (Lipinski definition) is 5. The molecule has 0 aliphatic rings. The Kier molecular flexibility index (Phi) is 18.4. The molecule has 0 amide bonds. The van der Waals surface area contributed by atoms with Gasteiger partial charge < -0.3 is 14.5 Å². The molecular formula is C25H41MgN4O4+. The summed E-state index contributed by atoms with van der Waals surface area (Å²) in [5.41, 5.74) is -0.0485. The van der Waals surface area contributed by atoms with E-state index < -0.39 is 17.2 Å². The number of nitrogens with zero attached hydrogens (tertiary/aromatic N) is 3. The van der Waals surface area contributed by atoms with Crippen LogP contribution in [0.4, 0.5) is 0 Å². The van der Waals surface area contributed by atoms with Crippen LogP contribution in [0.25, 0.3) is 11.2 Å². The number of imidazole rings is 1. The molecule has 186 valence electrons. The van der Waals surface area contributed by atoms with Crippen molar-refractivity contribution < 1.29 is 9.90 Å². The van der Waals surface area contributed by atoms with Crippen LogP contribution in [-0.2, 0) is 18.9 Å². The fraction of sp³-hybridized carbons (Fsp3) is 0.680. The number of carbonyl (C=O) groups excluding carboxylic acids is 1. The molecular weight excluding hydrogens is 445 g/mol. The topological polar surface area (TPSA) is 113 Å². The monoisotopic (exact) mass is 485 g/mol. The van der Waals surface area contributed by atoms with Crippen molar-refractivity contribution in [3.05, 3.63) is 39.3 Å². The maximum atomic E-state index is 11.3. The number of aromatic nitrogens is 4. The normalized spacial score (nSPS) is 10.8. The second-order valence-corrected chi connectivity index (χ2v) is 8.55. The van der Waals surface area contributed by atoms with Gasteiger partial charge in [0.05, 0.1) is 6.33 Å². The van der Waals surface area contributed by atoms with Gasteiger partial charge in [0.15, 0.2) is 11.2 Å². The summed E-state index contributed by atoms with van der Waals surface area (Å²) < 4.78 is 2.88. The summed E-state index contributed by atoms with van der Waals surface area (Å²) in [6.45, 7) is 2.26. The van der Waals surface area contributed by atoms with E-state index in [9.17, 15) is 19.5 Å². The van der Waals surface area contributed by atoms with Gasteiger partial charge in [0.2, 0.25) is 0 Å². The van der Waals surface area contributed by atoms with Crippen LogP contribution in [-0.4, -0.2) is 48.1 Å². The first kappa shape index (κ1) is 32.1. The summed E-state index contributed by atoms with van der Waals surface area (Å²) in [5, 5.41) is 10.2. The number of nitrogens with one attached hydrogen (secondary N) is 1. The molecule has 0 aromatic carbocycles. The maximum absolute atomic E-state index is 11.3. The van der Waals surface area contributed by atoms with Crippen LogP contribution >= 0.6 is 0 Å². The first-order chi connectivity index (χ1) is 15.9. The molecule has 1 N–H and O–H groups in total. The van der Waals surface area contributed by atoms with Crippen molar-refractivity contribution >= 4 is 40.2 Å². The van der Waals surface area contributed by atoms with Crippen LogP contribution in [0.2, 0.25) is 0 Å². The van der Waals surface area contributed by atoms with Gasteiger partial charge in [0.1, 0.15) is 0 Å². The minimum absolute atomic E-state index is 0. The first-order valence-corrected chi connectivity index (χ1v) is 12.3. The summed E-state index contributed by atoms with van der Waals surface area (Å²) >= 11 is 0. The summed E-state index contributed by atoms with van der Waals surface area (Å²) in [4.78, 5) is 38.8. The van der Waals surface area contributed by atoms with E-state index in [1.165, 1.54) is 75.1 Å². The summed E-state index contributed by atoms with van der Waals surface area (Å²) in [7, 11) is 3.27. The second-order valence-electron chi connectivity index (χ2n) is 8.55. The molecule has 0 bridgehead atoms. The Morgan fingerprint density at radius 2 is 1.47 bits per heavy atom. The number of unbranched alkanes of at least 4 members (excludes halogenated alkanes) is 11. The third kappa shape index (κ3) is 13.1. The third-order valence-corrected chi connectivity index (χ3v) is 5.62. The third-order valence-electron chi connectivity index (χ3n) is 5.62.